The number of carbonyl (C=O) groups excluding carboxylic acids is 4. The Hall–Kier alpha value is -3.76. The Morgan fingerprint density at radius 3 is 0.760 bits per heavy atom. The molecule has 0 fully saturated rings. The summed E-state index contributed by atoms with van der Waals surface area (Å²) in [5, 5.41) is 10.6. The number of ether oxygens (including phenoxy) is 4. The van der Waals surface area contributed by atoms with Crippen molar-refractivity contribution < 1.29 is 80.2 Å². The molecular weight excluding hydrogens is 1310 g/mol. The molecule has 0 aromatic heterocycles. The quantitative estimate of drug-likeness (QED) is 0.0128. The topological polar surface area (TPSA) is 237 Å². The molecule has 2 unspecified atom stereocenters. The van der Waals surface area contributed by atoms with E-state index >= 15 is 0 Å². The van der Waals surface area contributed by atoms with Crippen molar-refractivity contribution >= 4 is 39.5 Å². The van der Waals surface area contributed by atoms with Crippen molar-refractivity contribution in [1.82, 2.24) is 0 Å². The number of hydrogen-bond acceptors (Lipinski definition) is 15. The molecule has 0 aliphatic rings. The van der Waals surface area contributed by atoms with E-state index in [-0.39, 0.29) is 25.7 Å². The van der Waals surface area contributed by atoms with Crippen LogP contribution in [0.5, 0.6) is 0 Å². The zero-order chi connectivity index (χ0) is 73.2. The molecule has 0 bridgehead atoms. The molecule has 0 aromatic rings. The normalized spacial score (nSPS) is 14.3. The summed E-state index contributed by atoms with van der Waals surface area (Å²) >= 11 is 0. The molecule has 0 heterocycles. The molecule has 0 aliphatic heterocycles. The number of unbranched alkanes of at least 4 members (excludes halogenated alkanes) is 38. The van der Waals surface area contributed by atoms with Crippen molar-refractivity contribution in [3.05, 3.63) is 85.1 Å². The van der Waals surface area contributed by atoms with Gasteiger partial charge >= 0.3 is 39.5 Å². The lowest BCUT2D eigenvalue weighted by Crippen LogP contribution is -2.30. The Balaban J connectivity index is 5.39. The minimum Gasteiger partial charge on any atom is -0.462 e. The van der Waals surface area contributed by atoms with Crippen molar-refractivity contribution in [1.29, 1.82) is 0 Å². The zero-order valence-electron chi connectivity index (χ0n) is 63.4. The molecule has 0 amide bonds. The molecule has 5 atom stereocenters. The van der Waals surface area contributed by atoms with Gasteiger partial charge in [0.1, 0.15) is 19.3 Å². The Morgan fingerprint density at radius 2 is 0.490 bits per heavy atom. The third kappa shape index (κ3) is 72.6. The van der Waals surface area contributed by atoms with Gasteiger partial charge in [0, 0.05) is 25.7 Å². The van der Waals surface area contributed by atoms with Crippen molar-refractivity contribution in [3.63, 3.8) is 0 Å². The van der Waals surface area contributed by atoms with Crippen molar-refractivity contribution in [2.45, 2.75) is 367 Å². The summed E-state index contributed by atoms with van der Waals surface area (Å²) < 4.78 is 68.5. The number of phosphoric acid groups is 2. The van der Waals surface area contributed by atoms with E-state index in [1.165, 1.54) is 116 Å². The van der Waals surface area contributed by atoms with Crippen LogP contribution in [0.4, 0.5) is 0 Å². The van der Waals surface area contributed by atoms with Crippen LogP contribution >= 0.6 is 15.6 Å². The third-order valence-corrected chi connectivity index (χ3v) is 18.8. The van der Waals surface area contributed by atoms with E-state index in [1.54, 1.807) is 0 Å². The predicted molar refractivity (Wildman–Crippen MR) is 409 cm³/mol. The van der Waals surface area contributed by atoms with Crippen LogP contribution in [-0.2, 0) is 65.4 Å². The summed E-state index contributed by atoms with van der Waals surface area (Å²) in [4.78, 5) is 73.0. The third-order valence-electron chi connectivity index (χ3n) is 16.9. The average Bonchev–Trinajstić information content (AvgIpc) is 1.01. The molecule has 0 radical (unpaired) electrons. The average molecular weight is 1450 g/mol. The van der Waals surface area contributed by atoms with E-state index < -0.39 is 97.5 Å². The number of aliphatic hydroxyl groups excluding tert-OH is 1. The Bertz CT molecular complexity index is 2230. The number of aliphatic hydroxyl groups is 1. The van der Waals surface area contributed by atoms with Crippen LogP contribution in [0.3, 0.4) is 0 Å². The first-order valence-electron chi connectivity index (χ1n) is 39.9. The van der Waals surface area contributed by atoms with Crippen molar-refractivity contribution in [2.24, 2.45) is 0 Å². The van der Waals surface area contributed by atoms with Crippen molar-refractivity contribution in [3.8, 4) is 0 Å². The van der Waals surface area contributed by atoms with Gasteiger partial charge in [-0.05, 0) is 128 Å². The lowest BCUT2D eigenvalue weighted by Gasteiger charge is -2.21. The summed E-state index contributed by atoms with van der Waals surface area (Å²) in [6, 6.07) is 0. The fraction of sp³-hybridized carbons (Fsp3) is 0.778. The van der Waals surface area contributed by atoms with Crippen LogP contribution in [0, 0.1) is 0 Å². The van der Waals surface area contributed by atoms with Crippen LogP contribution in [-0.4, -0.2) is 96.7 Å². The van der Waals surface area contributed by atoms with E-state index in [9.17, 15) is 43.2 Å². The summed E-state index contributed by atoms with van der Waals surface area (Å²) in [5.74, 6) is -2.22. The molecule has 0 aromatic carbocycles. The highest BCUT2D eigenvalue weighted by Crippen LogP contribution is 2.45. The lowest BCUT2D eigenvalue weighted by atomic mass is 10.1. The maximum atomic E-state index is 13.1. The number of esters is 4. The number of hydrogen-bond donors (Lipinski definition) is 3. The van der Waals surface area contributed by atoms with Crippen LogP contribution in [0.15, 0.2) is 85.1 Å². The molecule has 580 valence electrons. The molecule has 19 heteroatoms. The van der Waals surface area contributed by atoms with E-state index in [1.807, 2.05) is 0 Å². The highest BCUT2D eigenvalue weighted by molar-refractivity contribution is 7.47. The molecule has 0 saturated heterocycles. The van der Waals surface area contributed by atoms with Gasteiger partial charge in [-0.1, -0.05) is 280 Å². The van der Waals surface area contributed by atoms with Gasteiger partial charge in [0.15, 0.2) is 12.2 Å². The van der Waals surface area contributed by atoms with Crippen LogP contribution in [0.25, 0.3) is 0 Å². The monoisotopic (exact) mass is 1450 g/mol. The molecule has 0 spiro atoms. The predicted octanol–water partition coefficient (Wildman–Crippen LogP) is 23.0. The minimum absolute atomic E-state index is 0.0748. The van der Waals surface area contributed by atoms with E-state index in [0.717, 1.165) is 154 Å². The molecule has 17 nitrogen and oxygen atoms in total. The first-order valence-corrected chi connectivity index (χ1v) is 42.9. The second-order valence-electron chi connectivity index (χ2n) is 26.7. The number of carbonyl (C=O) groups is 4. The molecule has 0 aliphatic carbocycles. The van der Waals surface area contributed by atoms with Gasteiger partial charge in [-0.3, -0.25) is 37.3 Å². The first kappa shape index (κ1) is 96.2. The van der Waals surface area contributed by atoms with Crippen LogP contribution < -0.4 is 0 Å². The second kappa shape index (κ2) is 73.5. The van der Waals surface area contributed by atoms with Gasteiger partial charge in [-0.25, -0.2) is 9.13 Å². The molecule has 3 N–H and O–H groups in total. The molecule has 100 heavy (non-hydrogen) atoms. The second-order valence-corrected chi connectivity index (χ2v) is 29.6. The fourth-order valence-corrected chi connectivity index (χ4v) is 12.3. The van der Waals surface area contributed by atoms with Crippen LogP contribution in [0.1, 0.15) is 349 Å². The van der Waals surface area contributed by atoms with Gasteiger partial charge in [0.25, 0.3) is 0 Å². The highest BCUT2D eigenvalue weighted by Gasteiger charge is 2.30. The minimum atomic E-state index is -4.98. The van der Waals surface area contributed by atoms with Crippen LogP contribution in [0.2, 0.25) is 0 Å². The zero-order valence-corrected chi connectivity index (χ0v) is 65.2. The Labute approximate surface area is 608 Å². The molecular formula is C81H144O17P2. The maximum Gasteiger partial charge on any atom is 0.472 e. The summed E-state index contributed by atoms with van der Waals surface area (Å²) in [6.45, 7) is 4.79. The highest BCUT2D eigenvalue weighted by atomic mass is 31.2. The Morgan fingerprint density at radius 1 is 0.280 bits per heavy atom. The van der Waals surface area contributed by atoms with Gasteiger partial charge in [0.2, 0.25) is 0 Å². The van der Waals surface area contributed by atoms with Gasteiger partial charge in [0.05, 0.1) is 26.4 Å². The van der Waals surface area contributed by atoms with E-state index in [4.69, 9.17) is 37.0 Å². The summed E-state index contributed by atoms with van der Waals surface area (Å²) in [7, 11) is -9.96. The number of allylic oxidation sites excluding steroid dienone is 14. The van der Waals surface area contributed by atoms with Gasteiger partial charge < -0.3 is 33.8 Å². The SMILES string of the molecule is CCCCCC/C=C\C=C/CCCCCCCC(=O)OC[C@H](COP(=O)(O)OC[C@H](O)COP(=O)(O)OC[C@@H](COC(=O)CCCCCCC/C=C\CCCCCCCC)OC(=O)CCCCCCC/C=C\C=C/CCCCCC)OC(=O)CCCCCCC/C=C\C=C/CCCCCC. The first-order chi connectivity index (χ1) is 48.7. The van der Waals surface area contributed by atoms with E-state index in [0.29, 0.717) is 25.7 Å². The lowest BCUT2D eigenvalue weighted by molar-refractivity contribution is -0.161. The molecule has 0 rings (SSSR count). The van der Waals surface area contributed by atoms with Gasteiger partial charge in [-0.2, -0.15) is 0 Å². The number of phosphoric ester groups is 2. The standard InChI is InChI=1S/C81H144O17P2/c1-5-9-13-17-21-25-29-33-37-41-45-49-53-57-61-65-78(83)91-71-76(97-80(85)67-63-59-55-51-47-43-39-35-31-27-23-19-15-11-7-3)73-95-99(87,88)93-69-75(82)70-94-100(89,90)96-74-77(98-81(86)68-64-60-56-52-48-44-40-36-32-28-24-20-16-12-8-4)72-92-79(84)66-62-58-54-50-46-42-38-34-30-26-22-18-14-10-6-2/h25,27-29,31-40,75-77,82H,5-24,26,30,41-74H2,1-4H3,(H,87,88)(H,89,90)/b29-25-,31-27-,32-28-,37-33-,38-34-,39-35-,40-36-/t75-,76+,77+/m0/s1. The summed E-state index contributed by atoms with van der Waals surface area (Å²) in [5.41, 5.74) is 0. The largest absolute Gasteiger partial charge is 0.472 e. The number of rotatable bonds is 75. The van der Waals surface area contributed by atoms with Gasteiger partial charge in [-0.15, -0.1) is 0 Å². The Kier molecular flexibility index (Phi) is 70.8. The maximum absolute atomic E-state index is 13.1. The summed E-state index contributed by atoms with van der Waals surface area (Å²) in [6.07, 6.45) is 75.5. The van der Waals surface area contributed by atoms with Crippen molar-refractivity contribution in [2.75, 3.05) is 39.6 Å². The van der Waals surface area contributed by atoms with E-state index in [2.05, 4.69) is 113 Å². The smallest absolute Gasteiger partial charge is 0.462 e. The molecule has 0 saturated carbocycles. The fourth-order valence-electron chi connectivity index (χ4n) is 10.7.